The van der Waals surface area contributed by atoms with Crippen LogP contribution in [0.1, 0.15) is 19.8 Å². The number of ether oxygens (including phenoxy) is 2. The summed E-state index contributed by atoms with van der Waals surface area (Å²) < 4.78 is 24.3. The SMILES string of the molecule is CCC(=O)N1CCO[C@](COc2ccc(F)cc2)(CC(N)=O)C1. The summed E-state index contributed by atoms with van der Waals surface area (Å²) in [5.41, 5.74) is 4.34. The Morgan fingerprint density at radius 3 is 2.70 bits per heavy atom. The number of hydrogen-bond acceptors (Lipinski definition) is 4. The van der Waals surface area contributed by atoms with Crippen LogP contribution in [0.2, 0.25) is 0 Å². The highest BCUT2D eigenvalue weighted by atomic mass is 19.1. The second-order valence-electron chi connectivity index (χ2n) is 5.59. The van der Waals surface area contributed by atoms with E-state index in [-0.39, 0.29) is 31.3 Å². The number of carbonyl (C=O) groups excluding carboxylic acids is 2. The molecule has 6 nitrogen and oxygen atoms in total. The number of halogens is 1. The number of benzene rings is 1. The predicted octanol–water partition coefficient (Wildman–Crippen LogP) is 1.09. The van der Waals surface area contributed by atoms with Crippen LogP contribution in [0.3, 0.4) is 0 Å². The number of nitrogens with two attached hydrogens (primary N) is 1. The number of rotatable bonds is 6. The van der Waals surface area contributed by atoms with Crippen LogP contribution in [-0.2, 0) is 14.3 Å². The average Bonchev–Trinajstić information content (AvgIpc) is 2.53. The quantitative estimate of drug-likeness (QED) is 0.849. The Labute approximate surface area is 134 Å². The molecule has 0 saturated carbocycles. The fourth-order valence-electron chi connectivity index (χ4n) is 2.59. The Morgan fingerprint density at radius 1 is 1.39 bits per heavy atom. The Balaban J connectivity index is 2.09. The molecule has 23 heavy (non-hydrogen) atoms. The normalized spacial score (nSPS) is 21.0. The maximum Gasteiger partial charge on any atom is 0.222 e. The Morgan fingerprint density at radius 2 is 2.09 bits per heavy atom. The molecule has 0 unspecified atom stereocenters. The number of carbonyl (C=O) groups is 2. The predicted molar refractivity (Wildman–Crippen MR) is 81.3 cm³/mol. The second kappa shape index (κ2) is 7.41. The van der Waals surface area contributed by atoms with Gasteiger partial charge < -0.3 is 20.1 Å². The lowest BCUT2D eigenvalue weighted by atomic mass is 9.97. The van der Waals surface area contributed by atoms with Crippen LogP contribution < -0.4 is 10.5 Å². The summed E-state index contributed by atoms with van der Waals surface area (Å²) in [7, 11) is 0. The summed E-state index contributed by atoms with van der Waals surface area (Å²) in [6.45, 7) is 2.86. The summed E-state index contributed by atoms with van der Waals surface area (Å²) in [4.78, 5) is 25.0. The molecule has 1 heterocycles. The molecule has 0 bridgehead atoms. The van der Waals surface area contributed by atoms with E-state index >= 15 is 0 Å². The Bertz CT molecular complexity index is 564. The molecule has 126 valence electrons. The molecule has 0 aliphatic carbocycles. The third kappa shape index (κ3) is 4.66. The molecule has 7 heteroatoms. The summed E-state index contributed by atoms with van der Waals surface area (Å²) in [6, 6.07) is 5.55. The minimum absolute atomic E-state index is 0.0103. The van der Waals surface area contributed by atoms with Gasteiger partial charge in [-0.25, -0.2) is 4.39 Å². The van der Waals surface area contributed by atoms with Gasteiger partial charge in [0.2, 0.25) is 11.8 Å². The number of amides is 2. The number of morpholine rings is 1. The molecule has 0 spiro atoms. The van der Waals surface area contributed by atoms with E-state index in [2.05, 4.69) is 0 Å². The van der Waals surface area contributed by atoms with E-state index in [1.807, 2.05) is 0 Å². The van der Waals surface area contributed by atoms with Crippen molar-refractivity contribution < 1.29 is 23.5 Å². The molecule has 1 aliphatic heterocycles. The van der Waals surface area contributed by atoms with Crippen LogP contribution >= 0.6 is 0 Å². The first kappa shape index (κ1) is 17.2. The molecular formula is C16H21FN2O4. The van der Waals surface area contributed by atoms with Crippen molar-refractivity contribution >= 4 is 11.8 Å². The van der Waals surface area contributed by atoms with E-state index in [1.165, 1.54) is 24.3 Å². The lowest BCUT2D eigenvalue weighted by Crippen LogP contribution is -2.57. The van der Waals surface area contributed by atoms with Gasteiger partial charge in [-0.05, 0) is 24.3 Å². The van der Waals surface area contributed by atoms with Crippen molar-refractivity contribution in [2.75, 3.05) is 26.3 Å². The third-order valence-corrected chi connectivity index (χ3v) is 3.72. The van der Waals surface area contributed by atoms with Crippen molar-refractivity contribution in [2.24, 2.45) is 5.73 Å². The topological polar surface area (TPSA) is 81.9 Å². The zero-order valence-electron chi connectivity index (χ0n) is 13.1. The lowest BCUT2D eigenvalue weighted by molar-refractivity contribution is -0.161. The highest BCUT2D eigenvalue weighted by Gasteiger charge is 2.40. The van der Waals surface area contributed by atoms with Gasteiger partial charge in [-0.1, -0.05) is 6.92 Å². The second-order valence-corrected chi connectivity index (χ2v) is 5.59. The van der Waals surface area contributed by atoms with Gasteiger partial charge in [0.05, 0.1) is 19.6 Å². The van der Waals surface area contributed by atoms with Crippen molar-refractivity contribution in [3.05, 3.63) is 30.1 Å². The van der Waals surface area contributed by atoms with Crippen molar-refractivity contribution in [3.63, 3.8) is 0 Å². The maximum absolute atomic E-state index is 12.9. The number of hydrogen-bond donors (Lipinski definition) is 1. The van der Waals surface area contributed by atoms with Gasteiger partial charge in [0.25, 0.3) is 0 Å². The van der Waals surface area contributed by atoms with Gasteiger partial charge in [-0.3, -0.25) is 9.59 Å². The highest BCUT2D eigenvalue weighted by molar-refractivity contribution is 5.77. The maximum atomic E-state index is 12.9. The summed E-state index contributed by atoms with van der Waals surface area (Å²) in [6.07, 6.45) is 0.327. The van der Waals surface area contributed by atoms with Crippen LogP contribution in [0.15, 0.2) is 24.3 Å². The van der Waals surface area contributed by atoms with Crippen LogP contribution in [-0.4, -0.2) is 48.6 Å². The minimum Gasteiger partial charge on any atom is -0.490 e. The standard InChI is InChI=1S/C16H21FN2O4/c1-2-15(21)19-7-8-23-16(10-19,9-14(18)20)11-22-13-5-3-12(17)4-6-13/h3-6H,2,7-11H2,1H3,(H2,18,20)/t16-/m1/s1. The third-order valence-electron chi connectivity index (χ3n) is 3.72. The molecule has 1 atom stereocenters. The van der Waals surface area contributed by atoms with E-state index in [1.54, 1.807) is 11.8 Å². The van der Waals surface area contributed by atoms with Crippen LogP contribution in [0.5, 0.6) is 5.75 Å². The molecule has 1 saturated heterocycles. The van der Waals surface area contributed by atoms with Crippen LogP contribution in [0, 0.1) is 5.82 Å². The first-order chi connectivity index (χ1) is 10.9. The van der Waals surface area contributed by atoms with Gasteiger partial charge in [0.1, 0.15) is 23.8 Å². The van der Waals surface area contributed by atoms with E-state index in [4.69, 9.17) is 15.2 Å². The summed E-state index contributed by atoms with van der Waals surface area (Å²) in [5, 5.41) is 0. The van der Waals surface area contributed by atoms with Crippen LogP contribution in [0.25, 0.3) is 0 Å². The molecule has 2 amide bonds. The van der Waals surface area contributed by atoms with E-state index in [0.29, 0.717) is 25.3 Å². The van der Waals surface area contributed by atoms with Gasteiger partial charge in [-0.15, -0.1) is 0 Å². The van der Waals surface area contributed by atoms with Crippen LogP contribution in [0.4, 0.5) is 4.39 Å². The molecule has 1 aromatic rings. The molecule has 1 aromatic carbocycles. The van der Waals surface area contributed by atoms with Crippen molar-refractivity contribution in [2.45, 2.75) is 25.4 Å². The van der Waals surface area contributed by atoms with Crippen molar-refractivity contribution in [3.8, 4) is 5.75 Å². The smallest absolute Gasteiger partial charge is 0.222 e. The van der Waals surface area contributed by atoms with Crippen molar-refractivity contribution in [1.82, 2.24) is 4.90 Å². The summed E-state index contributed by atoms with van der Waals surface area (Å²) >= 11 is 0. The molecule has 1 aliphatic rings. The first-order valence-corrected chi connectivity index (χ1v) is 7.52. The number of nitrogens with zero attached hydrogens (tertiary/aromatic N) is 1. The van der Waals surface area contributed by atoms with Gasteiger partial charge in [0, 0.05) is 13.0 Å². The fourth-order valence-corrected chi connectivity index (χ4v) is 2.59. The lowest BCUT2D eigenvalue weighted by Gasteiger charge is -2.41. The van der Waals surface area contributed by atoms with E-state index in [9.17, 15) is 14.0 Å². The molecular weight excluding hydrogens is 303 g/mol. The van der Waals surface area contributed by atoms with Crippen molar-refractivity contribution in [1.29, 1.82) is 0 Å². The average molecular weight is 324 g/mol. The fraction of sp³-hybridized carbons (Fsp3) is 0.500. The van der Waals surface area contributed by atoms with Gasteiger partial charge in [-0.2, -0.15) is 0 Å². The van der Waals surface area contributed by atoms with Gasteiger partial charge >= 0.3 is 0 Å². The zero-order chi connectivity index (χ0) is 16.9. The zero-order valence-corrected chi connectivity index (χ0v) is 13.1. The molecule has 1 fully saturated rings. The Kier molecular flexibility index (Phi) is 5.54. The monoisotopic (exact) mass is 324 g/mol. The molecule has 2 N–H and O–H groups in total. The first-order valence-electron chi connectivity index (χ1n) is 7.52. The summed E-state index contributed by atoms with van der Waals surface area (Å²) in [5.74, 6) is -0.446. The molecule has 0 aromatic heterocycles. The highest BCUT2D eigenvalue weighted by Crippen LogP contribution is 2.24. The molecule has 2 rings (SSSR count). The largest absolute Gasteiger partial charge is 0.490 e. The Hall–Kier alpha value is -2.15. The number of primary amides is 1. The van der Waals surface area contributed by atoms with E-state index < -0.39 is 11.5 Å². The van der Waals surface area contributed by atoms with Gasteiger partial charge in [0.15, 0.2) is 0 Å². The minimum atomic E-state index is -0.983. The van der Waals surface area contributed by atoms with E-state index in [0.717, 1.165) is 0 Å². The molecule has 0 radical (unpaired) electrons.